The molecule has 0 aliphatic carbocycles. The topological polar surface area (TPSA) is 69.0 Å². The molecule has 1 heterocycles. The van der Waals surface area contributed by atoms with Crippen LogP contribution in [-0.4, -0.2) is 27.3 Å². The van der Waals surface area contributed by atoms with Gasteiger partial charge < -0.3 is 10.1 Å². The maximum atomic E-state index is 13.8. The zero-order chi connectivity index (χ0) is 22.6. The molecule has 0 aliphatic heterocycles. The van der Waals surface area contributed by atoms with Crippen LogP contribution < -0.4 is 10.1 Å². The number of ether oxygens (including phenoxy) is 1. The van der Waals surface area contributed by atoms with Gasteiger partial charge in [0, 0.05) is 0 Å². The van der Waals surface area contributed by atoms with Gasteiger partial charge in [-0.1, -0.05) is 44.2 Å². The molecule has 0 radical (unpaired) electrons. The van der Waals surface area contributed by atoms with E-state index in [1.54, 1.807) is 0 Å². The van der Waals surface area contributed by atoms with E-state index in [0.717, 1.165) is 17.7 Å². The third kappa shape index (κ3) is 6.53. The Balaban J connectivity index is 1.57. The zero-order valence-electron chi connectivity index (χ0n) is 16.8. The Morgan fingerprint density at radius 1 is 1.13 bits per heavy atom. The third-order valence-electron chi connectivity index (χ3n) is 4.36. The lowest BCUT2D eigenvalue weighted by atomic mass is 10.0. The summed E-state index contributed by atoms with van der Waals surface area (Å²) in [5.41, 5.74) is 2.36. The molecule has 0 spiro atoms. The average Bonchev–Trinajstić information content (AvgIpc) is 3.10. The predicted molar refractivity (Wildman–Crippen MR) is 105 cm³/mol. The molecule has 1 N–H and O–H groups in total. The van der Waals surface area contributed by atoms with E-state index >= 15 is 0 Å². The van der Waals surface area contributed by atoms with Crippen LogP contribution in [0.5, 0.6) is 5.75 Å². The molecule has 0 saturated carbocycles. The molecule has 1 aromatic heterocycles. The molecule has 0 fully saturated rings. The fourth-order valence-electron chi connectivity index (χ4n) is 2.84. The van der Waals surface area contributed by atoms with Gasteiger partial charge in [-0.15, -0.1) is 18.3 Å². The number of amides is 1. The van der Waals surface area contributed by atoms with E-state index in [4.69, 9.17) is 0 Å². The second-order valence-electron chi connectivity index (χ2n) is 7.19. The van der Waals surface area contributed by atoms with Crippen molar-refractivity contribution in [2.45, 2.75) is 39.1 Å². The van der Waals surface area contributed by atoms with Crippen molar-refractivity contribution in [3.05, 3.63) is 71.2 Å². The molecule has 0 unspecified atom stereocenters. The van der Waals surface area contributed by atoms with Crippen LogP contribution in [-0.2, 0) is 17.8 Å². The van der Waals surface area contributed by atoms with Crippen LogP contribution in [0.1, 0.15) is 36.5 Å². The van der Waals surface area contributed by atoms with Gasteiger partial charge in [-0.05, 0) is 34.7 Å². The molecular weight excluding hydrogens is 416 g/mol. The van der Waals surface area contributed by atoms with Crippen molar-refractivity contribution in [2.75, 3.05) is 5.32 Å². The number of anilines is 1. The fraction of sp³-hybridized carbons (Fsp3) is 0.286. The van der Waals surface area contributed by atoms with Crippen molar-refractivity contribution in [3.63, 3.8) is 0 Å². The Morgan fingerprint density at radius 3 is 2.42 bits per heavy atom. The van der Waals surface area contributed by atoms with Crippen molar-refractivity contribution in [1.29, 1.82) is 0 Å². The maximum absolute atomic E-state index is 13.8. The van der Waals surface area contributed by atoms with Crippen molar-refractivity contribution in [1.82, 2.24) is 15.0 Å². The second kappa shape index (κ2) is 9.15. The molecule has 10 heteroatoms. The first-order valence-corrected chi connectivity index (χ1v) is 9.42. The number of hydrogen-bond donors (Lipinski definition) is 1. The van der Waals surface area contributed by atoms with Gasteiger partial charge in [-0.25, -0.2) is 4.39 Å². The Kier molecular flexibility index (Phi) is 6.57. The molecule has 2 aromatic carbocycles. The number of carbonyl (C=O) groups excluding carboxylic acids is 1. The van der Waals surface area contributed by atoms with Crippen LogP contribution in [0.3, 0.4) is 0 Å². The van der Waals surface area contributed by atoms with Gasteiger partial charge in [0.15, 0.2) is 17.4 Å². The molecule has 6 nitrogen and oxygen atoms in total. The molecule has 0 atom stereocenters. The monoisotopic (exact) mass is 436 g/mol. The summed E-state index contributed by atoms with van der Waals surface area (Å²) in [6, 6.07) is 10.8. The standard InChI is InChI=1S/C21H20F4N4O2/c1-13(2)16-6-3-14(4-7-16)10-20(30)27-19-11-26-29(28-19)12-15-5-8-18(17(22)9-15)31-21(23,24)25/h3-9,11,13H,10,12H2,1-2H3,(H,27,28,30). The molecule has 0 saturated heterocycles. The lowest BCUT2D eigenvalue weighted by Crippen LogP contribution is -2.18. The highest BCUT2D eigenvalue weighted by atomic mass is 19.4. The lowest BCUT2D eigenvalue weighted by Gasteiger charge is -2.10. The van der Waals surface area contributed by atoms with E-state index in [1.165, 1.54) is 22.6 Å². The molecule has 0 aliphatic rings. The quantitative estimate of drug-likeness (QED) is 0.547. The predicted octanol–water partition coefficient (Wildman–Crippen LogP) is 4.67. The van der Waals surface area contributed by atoms with E-state index in [9.17, 15) is 22.4 Å². The fourth-order valence-corrected chi connectivity index (χ4v) is 2.84. The molecule has 1 amide bonds. The third-order valence-corrected chi connectivity index (χ3v) is 4.36. The van der Waals surface area contributed by atoms with Gasteiger partial charge >= 0.3 is 6.36 Å². The smallest absolute Gasteiger partial charge is 0.403 e. The molecule has 164 valence electrons. The Hall–Kier alpha value is -3.43. The van der Waals surface area contributed by atoms with E-state index in [1.807, 2.05) is 24.3 Å². The molecule has 0 bridgehead atoms. The number of alkyl halides is 3. The highest BCUT2D eigenvalue weighted by Gasteiger charge is 2.32. The number of rotatable bonds is 7. The van der Waals surface area contributed by atoms with Crippen LogP contribution in [0.15, 0.2) is 48.7 Å². The van der Waals surface area contributed by atoms with Crippen molar-refractivity contribution in [2.24, 2.45) is 0 Å². The second-order valence-corrected chi connectivity index (χ2v) is 7.19. The largest absolute Gasteiger partial charge is 0.573 e. The minimum absolute atomic E-state index is 0.00421. The summed E-state index contributed by atoms with van der Waals surface area (Å²) in [5, 5.41) is 10.7. The number of halogens is 4. The first kappa shape index (κ1) is 22.3. The number of nitrogens with zero attached hydrogens (tertiary/aromatic N) is 3. The van der Waals surface area contributed by atoms with E-state index in [-0.39, 0.29) is 24.7 Å². The van der Waals surface area contributed by atoms with Crippen molar-refractivity contribution in [3.8, 4) is 5.75 Å². The summed E-state index contributed by atoms with van der Waals surface area (Å²) < 4.78 is 54.0. The van der Waals surface area contributed by atoms with E-state index in [0.29, 0.717) is 11.5 Å². The summed E-state index contributed by atoms with van der Waals surface area (Å²) in [7, 11) is 0. The number of carbonyl (C=O) groups is 1. The minimum atomic E-state index is -4.98. The number of nitrogens with one attached hydrogen (secondary N) is 1. The number of benzene rings is 2. The lowest BCUT2D eigenvalue weighted by molar-refractivity contribution is -0.275. The van der Waals surface area contributed by atoms with Gasteiger partial charge in [0.05, 0.1) is 19.2 Å². The van der Waals surface area contributed by atoms with Crippen LogP contribution in [0.25, 0.3) is 0 Å². The summed E-state index contributed by atoms with van der Waals surface area (Å²) in [5.74, 6) is -1.73. The van der Waals surface area contributed by atoms with Crippen LogP contribution in [0.4, 0.5) is 23.4 Å². The van der Waals surface area contributed by atoms with Gasteiger partial charge in [-0.2, -0.15) is 9.90 Å². The first-order chi connectivity index (χ1) is 14.6. The van der Waals surface area contributed by atoms with Crippen LogP contribution >= 0.6 is 0 Å². The normalized spacial score (nSPS) is 11.6. The Morgan fingerprint density at radius 2 is 1.81 bits per heavy atom. The number of hydrogen-bond acceptors (Lipinski definition) is 4. The van der Waals surface area contributed by atoms with Crippen molar-refractivity contribution < 1.29 is 27.1 Å². The van der Waals surface area contributed by atoms with Gasteiger partial charge in [0.25, 0.3) is 0 Å². The van der Waals surface area contributed by atoms with E-state index in [2.05, 4.69) is 34.1 Å². The molecule has 3 rings (SSSR count). The van der Waals surface area contributed by atoms with Gasteiger partial charge in [0.1, 0.15) is 0 Å². The maximum Gasteiger partial charge on any atom is 0.573 e. The summed E-state index contributed by atoms with van der Waals surface area (Å²) >= 11 is 0. The van der Waals surface area contributed by atoms with Crippen molar-refractivity contribution >= 4 is 11.7 Å². The number of aromatic nitrogens is 3. The van der Waals surface area contributed by atoms with Crippen LogP contribution in [0.2, 0.25) is 0 Å². The van der Waals surface area contributed by atoms with Crippen LogP contribution in [0, 0.1) is 5.82 Å². The molecule has 31 heavy (non-hydrogen) atoms. The zero-order valence-corrected chi connectivity index (χ0v) is 16.8. The Labute approximate surface area is 175 Å². The molecular formula is C21H20F4N4O2. The molecule has 3 aromatic rings. The summed E-state index contributed by atoms with van der Waals surface area (Å²) in [6.45, 7) is 4.17. The SMILES string of the molecule is CC(C)c1ccc(CC(=O)Nc2cnn(Cc3ccc(OC(F)(F)F)c(F)c3)n2)cc1. The first-order valence-electron chi connectivity index (χ1n) is 9.42. The summed E-state index contributed by atoms with van der Waals surface area (Å²) in [6.07, 6.45) is -3.48. The average molecular weight is 436 g/mol. The summed E-state index contributed by atoms with van der Waals surface area (Å²) in [4.78, 5) is 13.4. The van der Waals surface area contributed by atoms with Gasteiger partial charge in [0.2, 0.25) is 5.91 Å². The minimum Gasteiger partial charge on any atom is -0.403 e. The highest BCUT2D eigenvalue weighted by Crippen LogP contribution is 2.26. The highest BCUT2D eigenvalue weighted by molar-refractivity contribution is 5.91. The van der Waals surface area contributed by atoms with Gasteiger partial charge in [-0.3, -0.25) is 4.79 Å². The Bertz CT molecular complexity index is 1050. The van der Waals surface area contributed by atoms with E-state index < -0.39 is 17.9 Å².